The Kier molecular flexibility index (Phi) is 3.80. The van der Waals surface area contributed by atoms with Crippen LogP contribution in [0.5, 0.6) is 0 Å². The number of fused-ring (bicyclic) bond motifs is 1. The maximum Gasteiger partial charge on any atom is 0.123 e. The van der Waals surface area contributed by atoms with Gasteiger partial charge in [-0.05, 0) is 35.8 Å². The van der Waals surface area contributed by atoms with E-state index in [1.54, 1.807) is 11.3 Å². The Morgan fingerprint density at radius 1 is 1.50 bits per heavy atom. The number of thiazole rings is 1. The van der Waals surface area contributed by atoms with E-state index in [2.05, 4.69) is 28.1 Å². The molecule has 0 unspecified atom stereocenters. The average molecular weight is 289 g/mol. The van der Waals surface area contributed by atoms with Gasteiger partial charge in [-0.1, -0.05) is 0 Å². The van der Waals surface area contributed by atoms with Gasteiger partial charge in [-0.2, -0.15) is 0 Å². The fourth-order valence-electron chi connectivity index (χ4n) is 2.52. The van der Waals surface area contributed by atoms with Gasteiger partial charge in [0.05, 0.1) is 6.33 Å². The summed E-state index contributed by atoms with van der Waals surface area (Å²) in [5, 5.41) is 3.02. The molecule has 2 N–H and O–H groups in total. The van der Waals surface area contributed by atoms with Crippen molar-refractivity contribution in [1.29, 1.82) is 0 Å². The number of aromatic nitrogens is 1. The number of rotatable bonds is 4. The minimum atomic E-state index is 0.263. The number of nitrogens with zero attached hydrogens (tertiary/aromatic N) is 2. The highest BCUT2D eigenvalue weighted by atomic mass is 32.1. The number of hydrogen-bond acceptors (Lipinski definition) is 4. The summed E-state index contributed by atoms with van der Waals surface area (Å²) in [5.74, 6) is 0. The molecule has 2 aromatic rings. The molecule has 1 aromatic heterocycles. The van der Waals surface area contributed by atoms with Crippen molar-refractivity contribution >= 4 is 17.0 Å². The molecule has 0 fully saturated rings. The van der Waals surface area contributed by atoms with Gasteiger partial charge in [0, 0.05) is 42.5 Å². The fraction of sp³-hybridized carbons (Fsp3) is 0.267. The third kappa shape index (κ3) is 2.46. The summed E-state index contributed by atoms with van der Waals surface area (Å²) in [7, 11) is 0. The lowest BCUT2D eigenvalue weighted by molar-refractivity contribution is 0.695. The van der Waals surface area contributed by atoms with Crippen LogP contribution in [0, 0.1) is 0 Å². The molecule has 3 nitrogen and oxygen atoms in total. The average Bonchev–Trinajstić information content (AvgIpc) is 3.14. The molecule has 1 aliphatic heterocycles. The van der Waals surface area contributed by atoms with Crippen LogP contribution in [0.1, 0.15) is 5.56 Å². The quantitative estimate of drug-likeness (QED) is 0.941. The molecule has 5 heteroatoms. The molecule has 0 bridgehead atoms. The largest absolute Gasteiger partial charge is 0.367 e. The Morgan fingerprint density at radius 2 is 2.40 bits per heavy atom. The van der Waals surface area contributed by atoms with Crippen LogP contribution < -0.4 is 10.6 Å². The second-order valence-corrected chi connectivity index (χ2v) is 5.72. The fourth-order valence-corrected chi connectivity index (χ4v) is 3.16. The Labute approximate surface area is 121 Å². The third-order valence-corrected chi connectivity index (χ3v) is 4.38. The topological polar surface area (TPSA) is 42.1 Å². The summed E-state index contributed by atoms with van der Waals surface area (Å²) in [6, 6.07) is 6.37. The zero-order valence-corrected chi connectivity index (χ0v) is 11.9. The van der Waals surface area contributed by atoms with Crippen molar-refractivity contribution in [3.8, 4) is 10.6 Å². The summed E-state index contributed by atoms with van der Waals surface area (Å²) in [5.41, 5.74) is 9.79. The second kappa shape index (κ2) is 5.73. The number of hydrogen-bond donors (Lipinski definition) is 1. The lowest BCUT2D eigenvalue weighted by atomic mass is 10.1. The standard InChI is InChI=1S/C15H16FN3S/c16-8-11(9-17)10-19-5-3-12-7-13(1-2-14(12)19)15-18-4-6-20-15/h1-2,4,6-8H,3,5,9-10,17H2/b11-8+. The molecule has 3 rings (SSSR count). The van der Waals surface area contributed by atoms with E-state index in [4.69, 9.17) is 5.73 Å². The summed E-state index contributed by atoms with van der Waals surface area (Å²) in [6.07, 6.45) is 3.43. The molecular weight excluding hydrogens is 273 g/mol. The molecule has 1 aromatic carbocycles. The van der Waals surface area contributed by atoms with Crippen LogP contribution in [-0.2, 0) is 6.42 Å². The number of nitrogens with two attached hydrogens (primary N) is 1. The second-order valence-electron chi connectivity index (χ2n) is 4.82. The van der Waals surface area contributed by atoms with E-state index in [0.29, 0.717) is 18.4 Å². The first-order valence-electron chi connectivity index (χ1n) is 6.57. The number of halogens is 1. The summed E-state index contributed by atoms with van der Waals surface area (Å²) in [4.78, 5) is 6.52. The van der Waals surface area contributed by atoms with Crippen LogP contribution in [0.2, 0.25) is 0 Å². The van der Waals surface area contributed by atoms with Crippen LogP contribution in [0.25, 0.3) is 10.6 Å². The lowest BCUT2D eigenvalue weighted by Gasteiger charge is -2.20. The first kappa shape index (κ1) is 13.3. The van der Waals surface area contributed by atoms with Gasteiger partial charge in [-0.25, -0.2) is 9.37 Å². The van der Waals surface area contributed by atoms with Gasteiger partial charge in [-0.15, -0.1) is 11.3 Å². The van der Waals surface area contributed by atoms with Crippen LogP contribution in [0.4, 0.5) is 10.1 Å². The SMILES string of the molecule is NC/C(=C\F)CN1CCc2cc(-c3nccs3)ccc21. The smallest absolute Gasteiger partial charge is 0.123 e. The minimum absolute atomic E-state index is 0.263. The molecule has 0 aliphatic carbocycles. The molecule has 0 amide bonds. The first-order chi connectivity index (χ1) is 9.81. The maximum absolute atomic E-state index is 12.7. The zero-order valence-electron chi connectivity index (χ0n) is 11.1. The molecule has 20 heavy (non-hydrogen) atoms. The lowest BCUT2D eigenvalue weighted by Crippen LogP contribution is -2.25. The van der Waals surface area contributed by atoms with E-state index in [-0.39, 0.29) is 6.54 Å². The van der Waals surface area contributed by atoms with E-state index in [0.717, 1.165) is 23.5 Å². The molecule has 2 heterocycles. The Morgan fingerprint density at radius 3 is 3.10 bits per heavy atom. The first-order valence-corrected chi connectivity index (χ1v) is 7.45. The van der Waals surface area contributed by atoms with Gasteiger partial charge in [0.1, 0.15) is 5.01 Å². The van der Waals surface area contributed by atoms with Crippen LogP contribution in [0.15, 0.2) is 41.7 Å². The van der Waals surface area contributed by atoms with Gasteiger partial charge in [-0.3, -0.25) is 0 Å². The van der Waals surface area contributed by atoms with Gasteiger partial charge in [0.2, 0.25) is 0 Å². The van der Waals surface area contributed by atoms with Crippen molar-refractivity contribution in [2.24, 2.45) is 5.73 Å². The van der Waals surface area contributed by atoms with Crippen LogP contribution >= 0.6 is 11.3 Å². The highest BCUT2D eigenvalue weighted by Gasteiger charge is 2.20. The van der Waals surface area contributed by atoms with E-state index in [1.165, 1.54) is 11.3 Å². The third-order valence-electron chi connectivity index (χ3n) is 3.56. The molecule has 1 aliphatic rings. The number of anilines is 1. The maximum atomic E-state index is 12.7. The molecule has 0 atom stereocenters. The Hall–Kier alpha value is -1.72. The molecule has 0 saturated carbocycles. The monoisotopic (exact) mass is 289 g/mol. The molecule has 0 spiro atoms. The highest BCUT2D eigenvalue weighted by molar-refractivity contribution is 7.13. The summed E-state index contributed by atoms with van der Waals surface area (Å²) < 4.78 is 12.7. The van der Waals surface area contributed by atoms with E-state index in [1.807, 2.05) is 11.6 Å². The van der Waals surface area contributed by atoms with Crippen molar-refractivity contribution in [3.63, 3.8) is 0 Å². The molecule has 0 saturated heterocycles. The van der Waals surface area contributed by atoms with Crippen molar-refractivity contribution in [2.75, 3.05) is 24.5 Å². The van der Waals surface area contributed by atoms with Crippen molar-refractivity contribution in [2.45, 2.75) is 6.42 Å². The van der Waals surface area contributed by atoms with Gasteiger partial charge in [0.25, 0.3) is 0 Å². The van der Waals surface area contributed by atoms with E-state index >= 15 is 0 Å². The zero-order chi connectivity index (χ0) is 13.9. The van der Waals surface area contributed by atoms with Crippen LogP contribution in [0.3, 0.4) is 0 Å². The minimum Gasteiger partial charge on any atom is -0.367 e. The summed E-state index contributed by atoms with van der Waals surface area (Å²) >= 11 is 1.64. The van der Waals surface area contributed by atoms with Crippen molar-refractivity contribution in [1.82, 2.24) is 4.98 Å². The normalized spacial score (nSPS) is 14.7. The molecule has 0 radical (unpaired) electrons. The predicted molar refractivity (Wildman–Crippen MR) is 81.7 cm³/mol. The summed E-state index contributed by atoms with van der Waals surface area (Å²) in [6.45, 7) is 1.74. The number of benzene rings is 1. The Bertz CT molecular complexity index is 622. The van der Waals surface area contributed by atoms with Crippen molar-refractivity contribution in [3.05, 3.63) is 47.2 Å². The van der Waals surface area contributed by atoms with Crippen LogP contribution in [-0.4, -0.2) is 24.6 Å². The predicted octanol–water partition coefficient (Wildman–Crippen LogP) is 2.98. The highest BCUT2D eigenvalue weighted by Crippen LogP contribution is 2.33. The van der Waals surface area contributed by atoms with Crippen molar-refractivity contribution < 1.29 is 4.39 Å². The van der Waals surface area contributed by atoms with Gasteiger partial charge >= 0.3 is 0 Å². The van der Waals surface area contributed by atoms with Gasteiger partial charge in [0.15, 0.2) is 0 Å². The van der Waals surface area contributed by atoms with E-state index < -0.39 is 0 Å². The van der Waals surface area contributed by atoms with Gasteiger partial charge < -0.3 is 10.6 Å². The van der Waals surface area contributed by atoms with E-state index in [9.17, 15) is 4.39 Å². The molecular formula is C15H16FN3S. The Balaban J connectivity index is 1.85. The molecule has 104 valence electrons.